The minimum absolute atomic E-state index is 0.491. The Morgan fingerprint density at radius 1 is 0.885 bits per heavy atom. The molecule has 1 heterocycles. The third-order valence-corrected chi connectivity index (χ3v) is 4.27. The van der Waals surface area contributed by atoms with Gasteiger partial charge in [0.15, 0.2) is 0 Å². The molecule has 0 spiro atoms. The van der Waals surface area contributed by atoms with Crippen molar-refractivity contribution in [3.8, 4) is 28.4 Å². The number of likely N-dealkylation sites (N-methyl/N-ethyl adjacent to an activating group) is 1. The largest absolute Gasteiger partial charge is 0.475 e. The van der Waals surface area contributed by atoms with Gasteiger partial charge in [-0.05, 0) is 30.8 Å². The van der Waals surface area contributed by atoms with Gasteiger partial charge in [0.25, 0.3) is 0 Å². The summed E-state index contributed by atoms with van der Waals surface area (Å²) in [7, 11) is 0. The Morgan fingerprint density at radius 2 is 1.46 bits per heavy atom. The highest BCUT2D eigenvalue weighted by atomic mass is 35.5. The predicted molar refractivity (Wildman–Crippen MR) is 107 cm³/mol. The highest BCUT2D eigenvalue weighted by Crippen LogP contribution is 2.31. The van der Waals surface area contributed by atoms with Crippen molar-refractivity contribution in [1.29, 1.82) is 0 Å². The fourth-order valence-corrected chi connectivity index (χ4v) is 2.73. The van der Waals surface area contributed by atoms with E-state index in [2.05, 4.69) is 22.2 Å². The van der Waals surface area contributed by atoms with E-state index in [-0.39, 0.29) is 0 Å². The summed E-state index contributed by atoms with van der Waals surface area (Å²) in [6, 6.07) is 15.1. The van der Waals surface area contributed by atoms with Crippen molar-refractivity contribution in [2.45, 2.75) is 6.92 Å². The van der Waals surface area contributed by atoms with E-state index in [0.29, 0.717) is 22.5 Å². The Morgan fingerprint density at radius 3 is 2.04 bits per heavy atom. The van der Waals surface area contributed by atoms with E-state index in [1.807, 2.05) is 48.5 Å². The zero-order valence-electron chi connectivity index (χ0n) is 14.4. The van der Waals surface area contributed by atoms with Crippen LogP contribution in [-0.2, 0) is 0 Å². The van der Waals surface area contributed by atoms with Crippen LogP contribution >= 0.6 is 23.2 Å². The van der Waals surface area contributed by atoms with Crippen molar-refractivity contribution in [2.75, 3.05) is 19.7 Å². The Kier molecular flexibility index (Phi) is 6.45. The first-order chi connectivity index (χ1) is 12.7. The first-order valence-corrected chi connectivity index (χ1v) is 9.15. The van der Waals surface area contributed by atoms with Crippen LogP contribution in [0.25, 0.3) is 22.5 Å². The molecule has 0 saturated carbocycles. The molecule has 0 bridgehead atoms. The third-order valence-electron chi connectivity index (χ3n) is 3.76. The lowest BCUT2D eigenvalue weighted by Gasteiger charge is -2.12. The van der Waals surface area contributed by atoms with E-state index >= 15 is 0 Å². The highest BCUT2D eigenvalue weighted by molar-refractivity contribution is 6.31. The van der Waals surface area contributed by atoms with Gasteiger partial charge in [-0.15, -0.1) is 0 Å². The van der Waals surface area contributed by atoms with Crippen LogP contribution in [0.3, 0.4) is 0 Å². The molecular formula is C20H19Cl2N3O. The van der Waals surface area contributed by atoms with Gasteiger partial charge < -0.3 is 10.1 Å². The van der Waals surface area contributed by atoms with Gasteiger partial charge in [0, 0.05) is 27.7 Å². The summed E-state index contributed by atoms with van der Waals surface area (Å²) in [4.78, 5) is 9.27. The maximum atomic E-state index is 6.02. The summed E-state index contributed by atoms with van der Waals surface area (Å²) in [5.74, 6) is 0.491. The number of ether oxygens (including phenoxy) is 1. The highest BCUT2D eigenvalue weighted by Gasteiger charge is 2.13. The molecule has 0 fully saturated rings. The zero-order valence-corrected chi connectivity index (χ0v) is 15.9. The first kappa shape index (κ1) is 18.6. The number of aromatic nitrogens is 2. The molecule has 134 valence electrons. The lowest BCUT2D eigenvalue weighted by atomic mass is 10.0. The third kappa shape index (κ3) is 4.73. The molecule has 1 N–H and O–H groups in total. The maximum absolute atomic E-state index is 6.02. The number of hydrogen-bond donors (Lipinski definition) is 1. The number of rotatable bonds is 7. The van der Waals surface area contributed by atoms with Gasteiger partial charge in [-0.2, -0.15) is 0 Å². The van der Waals surface area contributed by atoms with Gasteiger partial charge in [-0.1, -0.05) is 54.4 Å². The van der Waals surface area contributed by atoms with Gasteiger partial charge in [0.1, 0.15) is 12.3 Å². The van der Waals surface area contributed by atoms with Crippen molar-refractivity contribution in [1.82, 2.24) is 15.3 Å². The Bertz CT molecular complexity index is 852. The molecule has 26 heavy (non-hydrogen) atoms. The van der Waals surface area contributed by atoms with E-state index in [1.165, 1.54) is 0 Å². The molecule has 3 rings (SSSR count). The van der Waals surface area contributed by atoms with Crippen LogP contribution in [0, 0.1) is 0 Å². The SMILES string of the molecule is CCNCCOc1cnc(-c2ccc(Cl)cc2)c(-c2ccc(Cl)cc2)n1. The number of benzene rings is 2. The van der Waals surface area contributed by atoms with E-state index in [0.717, 1.165) is 35.6 Å². The Labute approximate surface area is 163 Å². The van der Waals surface area contributed by atoms with E-state index in [4.69, 9.17) is 27.9 Å². The molecule has 3 aromatic rings. The van der Waals surface area contributed by atoms with E-state index in [9.17, 15) is 0 Å². The lowest BCUT2D eigenvalue weighted by molar-refractivity contribution is 0.303. The summed E-state index contributed by atoms with van der Waals surface area (Å²) >= 11 is 12.0. The second kappa shape index (κ2) is 8.99. The van der Waals surface area contributed by atoms with E-state index in [1.54, 1.807) is 6.20 Å². The molecular weight excluding hydrogens is 369 g/mol. The van der Waals surface area contributed by atoms with Crippen molar-refractivity contribution in [2.24, 2.45) is 0 Å². The van der Waals surface area contributed by atoms with Crippen LogP contribution in [0.15, 0.2) is 54.7 Å². The lowest BCUT2D eigenvalue weighted by Crippen LogP contribution is -2.20. The van der Waals surface area contributed by atoms with Crippen LogP contribution in [0.4, 0.5) is 0 Å². The minimum Gasteiger partial charge on any atom is -0.475 e. The summed E-state index contributed by atoms with van der Waals surface area (Å²) in [5.41, 5.74) is 3.36. The van der Waals surface area contributed by atoms with Crippen LogP contribution in [0.1, 0.15) is 6.92 Å². The van der Waals surface area contributed by atoms with Crippen LogP contribution < -0.4 is 10.1 Å². The topological polar surface area (TPSA) is 47.0 Å². The molecule has 0 saturated heterocycles. The van der Waals surface area contributed by atoms with Crippen LogP contribution in [0.2, 0.25) is 10.0 Å². The first-order valence-electron chi connectivity index (χ1n) is 8.40. The molecule has 0 atom stereocenters. The standard InChI is InChI=1S/C20H19Cl2N3O/c1-2-23-11-12-26-18-13-24-19(14-3-7-16(21)8-4-14)20(25-18)15-5-9-17(22)10-6-15/h3-10,13,23H,2,11-12H2,1H3. The number of nitrogens with zero attached hydrogens (tertiary/aromatic N) is 2. The van der Waals surface area contributed by atoms with Gasteiger partial charge in [0.2, 0.25) is 5.88 Å². The second-order valence-electron chi connectivity index (χ2n) is 5.62. The summed E-state index contributed by atoms with van der Waals surface area (Å²) in [6.45, 7) is 4.25. The molecule has 0 aliphatic heterocycles. The number of hydrogen-bond acceptors (Lipinski definition) is 4. The van der Waals surface area contributed by atoms with Crippen molar-refractivity contribution < 1.29 is 4.74 Å². The van der Waals surface area contributed by atoms with Gasteiger partial charge in [-0.25, -0.2) is 9.97 Å². The minimum atomic E-state index is 0.491. The molecule has 4 nitrogen and oxygen atoms in total. The fraction of sp³-hybridized carbons (Fsp3) is 0.200. The van der Waals surface area contributed by atoms with Crippen molar-refractivity contribution >= 4 is 23.2 Å². The fourth-order valence-electron chi connectivity index (χ4n) is 2.48. The molecule has 2 aromatic carbocycles. The average molecular weight is 388 g/mol. The Hall–Kier alpha value is -2.14. The summed E-state index contributed by atoms with van der Waals surface area (Å²) in [5, 5.41) is 4.57. The quantitative estimate of drug-likeness (QED) is 0.572. The summed E-state index contributed by atoms with van der Waals surface area (Å²) < 4.78 is 5.72. The second-order valence-corrected chi connectivity index (χ2v) is 6.49. The normalized spacial score (nSPS) is 10.7. The monoisotopic (exact) mass is 387 g/mol. The van der Waals surface area contributed by atoms with Gasteiger partial charge in [-0.3, -0.25) is 0 Å². The predicted octanol–water partition coefficient (Wildman–Crippen LogP) is 5.11. The molecule has 0 amide bonds. The van der Waals surface area contributed by atoms with E-state index < -0.39 is 0 Å². The number of nitrogens with one attached hydrogen (secondary N) is 1. The average Bonchev–Trinajstić information content (AvgIpc) is 2.67. The molecule has 1 aromatic heterocycles. The number of halogens is 2. The van der Waals surface area contributed by atoms with Crippen LogP contribution in [0.5, 0.6) is 5.88 Å². The van der Waals surface area contributed by atoms with Crippen LogP contribution in [-0.4, -0.2) is 29.7 Å². The smallest absolute Gasteiger partial charge is 0.232 e. The summed E-state index contributed by atoms with van der Waals surface area (Å²) in [6.07, 6.45) is 1.65. The van der Waals surface area contributed by atoms with Crippen molar-refractivity contribution in [3.63, 3.8) is 0 Å². The van der Waals surface area contributed by atoms with Gasteiger partial charge >= 0.3 is 0 Å². The molecule has 0 aliphatic rings. The molecule has 0 unspecified atom stereocenters. The molecule has 6 heteroatoms. The zero-order chi connectivity index (χ0) is 18.4. The van der Waals surface area contributed by atoms with Gasteiger partial charge in [0.05, 0.1) is 11.9 Å². The molecule has 0 radical (unpaired) electrons. The maximum Gasteiger partial charge on any atom is 0.232 e. The van der Waals surface area contributed by atoms with Crippen molar-refractivity contribution in [3.05, 3.63) is 64.8 Å². The molecule has 0 aliphatic carbocycles. The Balaban J connectivity index is 1.97.